The molecule has 1 aliphatic rings. The lowest BCUT2D eigenvalue weighted by molar-refractivity contribution is -0.127. The topological polar surface area (TPSA) is 44.4 Å². The Morgan fingerprint density at radius 2 is 2.19 bits per heavy atom. The van der Waals surface area contributed by atoms with Gasteiger partial charge in [0.25, 0.3) is 0 Å². The predicted octanol–water partition coefficient (Wildman–Crippen LogP) is 2.26. The highest BCUT2D eigenvalue weighted by Gasteiger charge is 2.18. The molecule has 1 fully saturated rings. The third-order valence-corrected chi connectivity index (χ3v) is 3.49. The summed E-state index contributed by atoms with van der Waals surface area (Å²) in [5.41, 5.74) is 0.128. The van der Waals surface area contributed by atoms with Gasteiger partial charge in [-0.1, -0.05) is 0 Å². The maximum Gasteiger partial charge on any atom is 0.222 e. The van der Waals surface area contributed by atoms with Crippen LogP contribution in [-0.2, 0) is 4.79 Å². The van der Waals surface area contributed by atoms with Gasteiger partial charge < -0.3 is 15.5 Å². The van der Waals surface area contributed by atoms with E-state index in [2.05, 4.69) is 10.6 Å². The van der Waals surface area contributed by atoms with Crippen molar-refractivity contribution >= 4 is 28.9 Å². The summed E-state index contributed by atoms with van der Waals surface area (Å²) in [7, 11) is 0. The van der Waals surface area contributed by atoms with Gasteiger partial charge in [-0.15, -0.1) is 0 Å². The molecule has 1 amide bonds. The average Bonchev–Trinajstić information content (AvgIpc) is 2.84. The van der Waals surface area contributed by atoms with Gasteiger partial charge in [0.2, 0.25) is 5.91 Å². The number of amides is 1. The van der Waals surface area contributed by atoms with Crippen LogP contribution in [0.1, 0.15) is 19.3 Å². The smallest absolute Gasteiger partial charge is 0.222 e. The van der Waals surface area contributed by atoms with Crippen LogP contribution in [0.4, 0.5) is 14.5 Å². The first-order valence-electron chi connectivity index (χ1n) is 6.84. The first kappa shape index (κ1) is 15.6. The standard InChI is InChI=1S/C14H17F2N3OS/c15-10-4-5-12(11(16)9-10)18-14(21)17-6-2-8-19-7-1-3-13(19)20/h4-5,9H,1-3,6-8H2,(H2,17,18,21). The number of likely N-dealkylation sites (tertiary alicyclic amines) is 1. The Bertz CT molecular complexity index is 539. The van der Waals surface area contributed by atoms with E-state index in [4.69, 9.17) is 12.2 Å². The van der Waals surface area contributed by atoms with E-state index in [1.54, 1.807) is 0 Å². The fourth-order valence-electron chi connectivity index (χ4n) is 2.17. The van der Waals surface area contributed by atoms with E-state index in [1.807, 2.05) is 4.90 Å². The van der Waals surface area contributed by atoms with Crippen molar-refractivity contribution in [2.24, 2.45) is 0 Å². The molecule has 0 unspecified atom stereocenters. The number of carbonyl (C=O) groups excluding carboxylic acids is 1. The number of thiocarbonyl (C=S) groups is 1. The number of anilines is 1. The van der Waals surface area contributed by atoms with Crippen molar-refractivity contribution in [2.75, 3.05) is 25.0 Å². The van der Waals surface area contributed by atoms with E-state index in [-0.39, 0.29) is 16.7 Å². The van der Waals surface area contributed by atoms with Gasteiger partial charge in [-0.25, -0.2) is 8.78 Å². The quantitative estimate of drug-likeness (QED) is 0.646. The van der Waals surface area contributed by atoms with E-state index >= 15 is 0 Å². The third-order valence-electron chi connectivity index (χ3n) is 3.24. The lowest BCUT2D eigenvalue weighted by atomic mass is 10.3. The van der Waals surface area contributed by atoms with Gasteiger partial charge in [0.15, 0.2) is 5.11 Å². The number of halogens is 2. The van der Waals surface area contributed by atoms with Crippen molar-refractivity contribution in [1.82, 2.24) is 10.2 Å². The predicted molar refractivity (Wildman–Crippen MR) is 81.0 cm³/mol. The number of nitrogens with one attached hydrogen (secondary N) is 2. The third kappa shape index (κ3) is 4.63. The summed E-state index contributed by atoms with van der Waals surface area (Å²) in [6.07, 6.45) is 2.33. The summed E-state index contributed by atoms with van der Waals surface area (Å²) in [6, 6.07) is 3.25. The van der Waals surface area contributed by atoms with Crippen LogP contribution < -0.4 is 10.6 Å². The van der Waals surface area contributed by atoms with Gasteiger partial charge in [-0.3, -0.25) is 4.79 Å². The first-order chi connectivity index (χ1) is 10.1. The molecule has 0 saturated carbocycles. The second-order valence-corrected chi connectivity index (χ2v) is 5.25. The van der Waals surface area contributed by atoms with Gasteiger partial charge in [0, 0.05) is 32.1 Å². The van der Waals surface area contributed by atoms with Crippen molar-refractivity contribution < 1.29 is 13.6 Å². The molecule has 0 aromatic heterocycles. The van der Waals surface area contributed by atoms with Crippen LogP contribution in [0, 0.1) is 11.6 Å². The van der Waals surface area contributed by atoms with E-state index in [0.29, 0.717) is 19.5 Å². The Kier molecular flexibility index (Phi) is 5.44. The van der Waals surface area contributed by atoms with Crippen LogP contribution in [0.5, 0.6) is 0 Å². The lowest BCUT2D eigenvalue weighted by Gasteiger charge is -2.16. The van der Waals surface area contributed by atoms with Crippen molar-refractivity contribution in [2.45, 2.75) is 19.3 Å². The van der Waals surface area contributed by atoms with E-state index in [1.165, 1.54) is 6.07 Å². The Labute approximate surface area is 127 Å². The van der Waals surface area contributed by atoms with Gasteiger partial charge in [0.05, 0.1) is 5.69 Å². The molecule has 0 radical (unpaired) electrons. The fourth-order valence-corrected chi connectivity index (χ4v) is 2.38. The van der Waals surface area contributed by atoms with Gasteiger partial charge >= 0.3 is 0 Å². The molecule has 1 aromatic rings. The molecular formula is C14H17F2N3OS. The van der Waals surface area contributed by atoms with Crippen LogP contribution >= 0.6 is 12.2 Å². The zero-order valence-corrected chi connectivity index (χ0v) is 12.3. The maximum absolute atomic E-state index is 13.4. The minimum absolute atomic E-state index is 0.128. The van der Waals surface area contributed by atoms with Crippen LogP contribution in [0.15, 0.2) is 18.2 Å². The van der Waals surface area contributed by atoms with Crippen LogP contribution in [-0.4, -0.2) is 35.6 Å². The molecule has 4 nitrogen and oxygen atoms in total. The first-order valence-corrected chi connectivity index (χ1v) is 7.25. The molecule has 1 heterocycles. The zero-order chi connectivity index (χ0) is 15.2. The normalized spacial score (nSPS) is 14.4. The summed E-state index contributed by atoms with van der Waals surface area (Å²) < 4.78 is 26.2. The van der Waals surface area contributed by atoms with Crippen LogP contribution in [0.2, 0.25) is 0 Å². The second kappa shape index (κ2) is 7.31. The summed E-state index contributed by atoms with van der Waals surface area (Å²) >= 11 is 5.04. The van der Waals surface area contributed by atoms with Crippen molar-refractivity contribution in [3.63, 3.8) is 0 Å². The molecule has 1 aromatic carbocycles. The fraction of sp³-hybridized carbons (Fsp3) is 0.429. The lowest BCUT2D eigenvalue weighted by Crippen LogP contribution is -2.33. The van der Waals surface area contributed by atoms with Crippen molar-refractivity contribution in [3.8, 4) is 0 Å². The Balaban J connectivity index is 1.68. The molecule has 0 atom stereocenters. The molecule has 2 N–H and O–H groups in total. The SMILES string of the molecule is O=C1CCCN1CCCNC(=S)Nc1ccc(F)cc1F. The molecule has 1 saturated heterocycles. The Morgan fingerprint density at radius 3 is 2.86 bits per heavy atom. The van der Waals surface area contributed by atoms with Crippen molar-refractivity contribution in [3.05, 3.63) is 29.8 Å². The minimum atomic E-state index is -0.693. The van der Waals surface area contributed by atoms with E-state index in [9.17, 15) is 13.6 Å². The van der Waals surface area contributed by atoms with Gasteiger partial charge in [-0.2, -0.15) is 0 Å². The number of rotatable bonds is 5. The number of hydrogen-bond donors (Lipinski definition) is 2. The maximum atomic E-state index is 13.4. The number of carbonyl (C=O) groups is 1. The highest BCUT2D eigenvalue weighted by Crippen LogP contribution is 2.14. The summed E-state index contributed by atoms with van der Waals surface area (Å²) in [6.45, 7) is 2.10. The number of nitrogens with zero attached hydrogens (tertiary/aromatic N) is 1. The number of benzene rings is 1. The average molecular weight is 313 g/mol. The number of hydrogen-bond acceptors (Lipinski definition) is 2. The molecule has 2 rings (SSSR count). The Hall–Kier alpha value is -1.76. The van der Waals surface area contributed by atoms with E-state index in [0.717, 1.165) is 31.5 Å². The zero-order valence-electron chi connectivity index (χ0n) is 11.5. The minimum Gasteiger partial charge on any atom is -0.362 e. The molecular weight excluding hydrogens is 296 g/mol. The summed E-state index contributed by atoms with van der Waals surface area (Å²) in [4.78, 5) is 13.2. The molecule has 1 aliphatic heterocycles. The Morgan fingerprint density at radius 1 is 1.38 bits per heavy atom. The molecule has 7 heteroatoms. The second-order valence-electron chi connectivity index (χ2n) is 4.84. The highest BCUT2D eigenvalue weighted by molar-refractivity contribution is 7.80. The summed E-state index contributed by atoms with van der Waals surface area (Å²) in [5.74, 6) is -1.13. The molecule has 114 valence electrons. The van der Waals surface area contributed by atoms with Crippen molar-refractivity contribution in [1.29, 1.82) is 0 Å². The van der Waals surface area contributed by atoms with Gasteiger partial charge in [-0.05, 0) is 37.2 Å². The van der Waals surface area contributed by atoms with Crippen LogP contribution in [0.3, 0.4) is 0 Å². The monoisotopic (exact) mass is 313 g/mol. The largest absolute Gasteiger partial charge is 0.362 e. The molecule has 0 bridgehead atoms. The summed E-state index contributed by atoms with van der Waals surface area (Å²) in [5, 5.41) is 5.88. The molecule has 21 heavy (non-hydrogen) atoms. The van der Waals surface area contributed by atoms with E-state index < -0.39 is 11.6 Å². The molecule has 0 spiro atoms. The highest BCUT2D eigenvalue weighted by atomic mass is 32.1. The van der Waals surface area contributed by atoms with Gasteiger partial charge in [0.1, 0.15) is 11.6 Å². The van der Waals surface area contributed by atoms with Crippen LogP contribution in [0.25, 0.3) is 0 Å². The molecule has 0 aliphatic carbocycles.